The third-order valence-electron chi connectivity index (χ3n) is 2.13. The Labute approximate surface area is 103 Å². The Morgan fingerprint density at radius 1 is 0.750 bits per heavy atom. The monoisotopic (exact) mass is 264 g/mol. The summed E-state index contributed by atoms with van der Waals surface area (Å²) in [5.74, 6) is 0. The molecule has 0 aliphatic carbocycles. The van der Waals surface area contributed by atoms with Gasteiger partial charge >= 0.3 is 8.25 Å². The van der Waals surface area contributed by atoms with Crippen LogP contribution in [0, 0.1) is 0 Å². The van der Waals surface area contributed by atoms with Gasteiger partial charge in [0, 0.05) is 11.1 Å². The van der Waals surface area contributed by atoms with Gasteiger partial charge < -0.3 is 0 Å². The van der Waals surface area contributed by atoms with Crippen LogP contribution in [0.4, 0.5) is 4.11 Å². The molecule has 0 amide bonds. The molecule has 0 heterocycles. The van der Waals surface area contributed by atoms with Gasteiger partial charge in [-0.3, -0.25) is 14.1 Å². The largest absolute Gasteiger partial charge is 0.373 e. The van der Waals surface area contributed by atoms with Crippen LogP contribution in [0.5, 0.6) is 0 Å². The highest BCUT2D eigenvalue weighted by molar-refractivity contribution is 7.36. The lowest BCUT2D eigenvalue weighted by atomic mass is 10.1. The summed E-state index contributed by atoms with van der Waals surface area (Å²) < 4.78 is 15.3. The molecule has 0 saturated carbocycles. The molecule has 2 nitrogen and oxygen atoms in total. The topological polar surface area (TPSA) is 24.1 Å². The molecule has 0 aromatic carbocycles. The molecule has 0 aliphatic heterocycles. The summed E-state index contributed by atoms with van der Waals surface area (Å²) in [5.41, 5.74) is -0.362. The van der Waals surface area contributed by atoms with Gasteiger partial charge in [0.05, 0.1) is 0 Å². The maximum atomic E-state index is 15.3. The fourth-order valence-corrected chi connectivity index (χ4v) is 8.82. The van der Waals surface area contributed by atoms with Crippen LogP contribution in [-0.2, 0) is 0 Å². The maximum absolute atomic E-state index is 15.3. The minimum Gasteiger partial charge on any atom is -0.298 e. The van der Waals surface area contributed by atoms with E-state index in [9.17, 15) is 0 Å². The molecular formula is C11H29FN2Si2. The lowest BCUT2D eigenvalue weighted by Crippen LogP contribution is -2.79. The van der Waals surface area contributed by atoms with Crippen LogP contribution in [0.2, 0.25) is 19.6 Å². The fourth-order valence-electron chi connectivity index (χ4n) is 1.44. The molecule has 0 radical (unpaired) electrons. The van der Waals surface area contributed by atoms with Crippen molar-refractivity contribution >= 4 is 15.8 Å². The van der Waals surface area contributed by atoms with Crippen LogP contribution >= 0.6 is 0 Å². The van der Waals surface area contributed by atoms with Gasteiger partial charge in [0.25, 0.3) is 0 Å². The van der Waals surface area contributed by atoms with Crippen molar-refractivity contribution in [2.45, 2.75) is 72.3 Å². The zero-order valence-electron chi connectivity index (χ0n) is 12.4. The van der Waals surface area contributed by atoms with E-state index in [1.165, 1.54) is 0 Å². The van der Waals surface area contributed by atoms with Crippen molar-refractivity contribution in [2.75, 3.05) is 0 Å². The smallest absolute Gasteiger partial charge is 0.298 e. The van der Waals surface area contributed by atoms with Crippen LogP contribution in [0.15, 0.2) is 0 Å². The fraction of sp³-hybridized carbons (Fsp3) is 1.00. The van der Waals surface area contributed by atoms with Gasteiger partial charge in [-0.1, -0.05) is 19.6 Å². The van der Waals surface area contributed by atoms with Crippen LogP contribution < -0.4 is 9.96 Å². The van der Waals surface area contributed by atoms with Gasteiger partial charge in [-0.05, 0) is 41.5 Å². The zero-order valence-corrected chi connectivity index (χ0v) is 14.4. The highest BCUT2D eigenvalue weighted by Crippen LogP contribution is 2.21. The average molecular weight is 265 g/mol. The first-order chi connectivity index (χ1) is 6.66. The molecule has 0 bridgehead atoms. The Kier molecular flexibility index (Phi) is 4.59. The highest BCUT2D eigenvalue weighted by Gasteiger charge is 2.52. The van der Waals surface area contributed by atoms with Gasteiger partial charge in [0.2, 0.25) is 0 Å². The van der Waals surface area contributed by atoms with E-state index in [4.69, 9.17) is 0 Å². The van der Waals surface area contributed by atoms with Gasteiger partial charge in [-0.2, -0.15) is 0 Å². The standard InChI is InChI=1S/C11H29FN2Si2/c1-10(2,3)13-16(12,15(7,8)9)14-11(4,5)6/h13-14H,1-9H3. The predicted octanol–water partition coefficient (Wildman–Crippen LogP) is 3.09. The molecule has 0 saturated heterocycles. The van der Waals surface area contributed by atoms with Gasteiger partial charge in [-0.15, -0.1) is 0 Å². The minimum absolute atomic E-state index is 0.181. The summed E-state index contributed by atoms with van der Waals surface area (Å²) in [4.78, 5) is 6.50. The quantitative estimate of drug-likeness (QED) is 0.605. The minimum atomic E-state index is -3.08. The molecular weight excluding hydrogens is 235 g/mol. The summed E-state index contributed by atoms with van der Waals surface area (Å²) in [7, 11) is -4.96. The number of nitrogens with one attached hydrogen (secondary N) is 2. The van der Waals surface area contributed by atoms with Crippen molar-refractivity contribution in [3.8, 4) is 0 Å². The van der Waals surface area contributed by atoms with Crippen molar-refractivity contribution in [2.24, 2.45) is 0 Å². The summed E-state index contributed by atoms with van der Waals surface area (Å²) >= 11 is 0. The van der Waals surface area contributed by atoms with Crippen molar-refractivity contribution in [3.63, 3.8) is 0 Å². The van der Waals surface area contributed by atoms with Crippen LogP contribution in [0.1, 0.15) is 41.5 Å². The maximum Gasteiger partial charge on any atom is 0.373 e. The van der Waals surface area contributed by atoms with Crippen molar-refractivity contribution < 1.29 is 4.11 Å². The second kappa shape index (κ2) is 4.51. The van der Waals surface area contributed by atoms with Crippen molar-refractivity contribution in [1.29, 1.82) is 0 Å². The molecule has 2 N–H and O–H groups in total. The SMILES string of the molecule is CC(C)(C)N[Si](F)(NC(C)(C)C)[Si](C)(C)C. The molecule has 0 spiro atoms. The average Bonchev–Trinajstić information content (AvgIpc) is 1.72. The van der Waals surface area contributed by atoms with E-state index in [-0.39, 0.29) is 11.1 Å². The summed E-state index contributed by atoms with van der Waals surface area (Å²) in [5, 5.41) is 0. The van der Waals surface area contributed by atoms with Crippen LogP contribution in [0.25, 0.3) is 0 Å². The lowest BCUT2D eigenvalue weighted by Gasteiger charge is -2.43. The van der Waals surface area contributed by atoms with E-state index in [2.05, 4.69) is 29.6 Å². The number of hydrogen-bond acceptors (Lipinski definition) is 2. The third kappa shape index (κ3) is 5.56. The molecule has 16 heavy (non-hydrogen) atoms. The third-order valence-corrected chi connectivity index (χ3v) is 13.3. The Morgan fingerprint density at radius 3 is 1.12 bits per heavy atom. The van der Waals surface area contributed by atoms with E-state index in [1.54, 1.807) is 0 Å². The van der Waals surface area contributed by atoms with E-state index < -0.39 is 15.8 Å². The molecule has 0 aliphatic rings. The van der Waals surface area contributed by atoms with E-state index in [0.29, 0.717) is 0 Å². The predicted molar refractivity (Wildman–Crippen MR) is 76.0 cm³/mol. The second-order valence-electron chi connectivity index (χ2n) is 7.66. The van der Waals surface area contributed by atoms with Gasteiger partial charge in [0.15, 0.2) is 0 Å². The second-order valence-corrected chi connectivity index (χ2v) is 20.5. The first-order valence-corrected chi connectivity index (χ1v) is 12.3. The molecule has 0 atom stereocenters. The number of rotatable bonds is 3. The lowest BCUT2D eigenvalue weighted by molar-refractivity contribution is 0.437. The Bertz CT molecular complexity index is 220. The molecule has 0 aromatic heterocycles. The molecule has 0 unspecified atom stereocenters. The van der Waals surface area contributed by atoms with Crippen LogP contribution in [0.3, 0.4) is 0 Å². The molecule has 0 aromatic rings. The summed E-state index contributed by atoms with van der Waals surface area (Å²) in [6, 6.07) is 0. The molecule has 98 valence electrons. The van der Waals surface area contributed by atoms with Crippen LogP contribution in [-0.4, -0.2) is 26.9 Å². The first-order valence-electron chi connectivity index (χ1n) is 5.94. The molecule has 0 rings (SSSR count). The summed E-state index contributed by atoms with van der Waals surface area (Å²) in [6.07, 6.45) is 0. The first kappa shape index (κ1) is 16.3. The van der Waals surface area contributed by atoms with Gasteiger partial charge in [-0.25, -0.2) is 0 Å². The Morgan fingerprint density at radius 2 is 1.00 bits per heavy atom. The number of halogens is 1. The Hall–Kier alpha value is 0.284. The van der Waals surface area contributed by atoms with Crippen molar-refractivity contribution in [3.05, 3.63) is 0 Å². The molecule has 5 heteroatoms. The number of hydrogen-bond donors (Lipinski definition) is 2. The Balaban J connectivity index is 5.07. The normalized spacial score (nSPS) is 15.4. The molecule has 0 fully saturated rings. The zero-order chi connectivity index (χ0) is 13.4. The highest BCUT2D eigenvalue weighted by atomic mass is 29.3. The summed E-state index contributed by atoms with van der Waals surface area (Å²) in [6.45, 7) is 18.4. The van der Waals surface area contributed by atoms with Gasteiger partial charge in [0.1, 0.15) is 7.59 Å². The van der Waals surface area contributed by atoms with E-state index in [0.717, 1.165) is 0 Å². The van der Waals surface area contributed by atoms with E-state index >= 15 is 4.11 Å². The van der Waals surface area contributed by atoms with Crippen molar-refractivity contribution in [1.82, 2.24) is 9.96 Å². The van der Waals surface area contributed by atoms with E-state index in [1.807, 2.05) is 41.5 Å².